The van der Waals surface area contributed by atoms with E-state index in [-0.39, 0.29) is 0 Å². The molecule has 0 spiro atoms. The number of benzene rings is 5. The summed E-state index contributed by atoms with van der Waals surface area (Å²) in [7, 11) is 0. The second kappa shape index (κ2) is 8.58. The summed E-state index contributed by atoms with van der Waals surface area (Å²) in [5.74, 6) is 1.96. The fourth-order valence-corrected chi connectivity index (χ4v) is 6.45. The van der Waals surface area contributed by atoms with Gasteiger partial charge in [-0.25, -0.2) is 15.0 Å². The lowest BCUT2D eigenvalue weighted by Crippen LogP contribution is -2.00. The number of furan rings is 1. The molecule has 5 aromatic carbocycles. The van der Waals surface area contributed by atoms with Crippen molar-refractivity contribution in [2.75, 3.05) is 0 Å². The van der Waals surface area contributed by atoms with Gasteiger partial charge in [-0.05, 0) is 49.4 Å². The number of para-hydroxylation sites is 1. The van der Waals surface area contributed by atoms with E-state index < -0.39 is 0 Å². The third-order valence-corrected chi connectivity index (χ3v) is 8.33. The smallest absolute Gasteiger partial charge is 0.164 e. The van der Waals surface area contributed by atoms with E-state index in [2.05, 4.69) is 55.5 Å². The number of aryl methyl sites for hydroxylation is 1. The molecule has 39 heavy (non-hydrogen) atoms. The van der Waals surface area contributed by atoms with Crippen molar-refractivity contribution in [3.63, 3.8) is 0 Å². The number of hydrogen-bond donors (Lipinski definition) is 0. The van der Waals surface area contributed by atoms with E-state index >= 15 is 0 Å². The molecule has 0 aliphatic rings. The zero-order valence-electron chi connectivity index (χ0n) is 21.1. The van der Waals surface area contributed by atoms with Crippen LogP contribution in [0.25, 0.3) is 76.3 Å². The first-order valence-electron chi connectivity index (χ1n) is 12.9. The third-order valence-electron chi connectivity index (χ3n) is 7.19. The van der Waals surface area contributed by atoms with E-state index in [0.717, 1.165) is 38.6 Å². The van der Waals surface area contributed by atoms with Crippen LogP contribution in [0.4, 0.5) is 0 Å². The zero-order valence-corrected chi connectivity index (χ0v) is 21.9. The van der Waals surface area contributed by atoms with Crippen LogP contribution in [-0.2, 0) is 0 Å². The van der Waals surface area contributed by atoms with E-state index in [1.165, 1.54) is 25.7 Å². The highest BCUT2D eigenvalue weighted by Gasteiger charge is 2.18. The molecule has 0 fully saturated rings. The maximum atomic E-state index is 6.07. The third kappa shape index (κ3) is 3.62. The standard InChI is InChI=1S/C34H21N3OS/c1-20-14-17-29-26(18-20)31-24(11-7-13-30(31)39-29)34-36-32(21-8-3-2-4-9-21)35-33(37-34)22-15-16-28-25(19-22)23-10-5-6-12-27(23)38-28/h2-19H,1H3. The molecular formula is C34H21N3OS. The van der Waals surface area contributed by atoms with E-state index in [9.17, 15) is 0 Å². The predicted molar refractivity (Wildman–Crippen MR) is 161 cm³/mol. The van der Waals surface area contributed by atoms with Crippen LogP contribution in [0.1, 0.15) is 5.56 Å². The zero-order chi connectivity index (χ0) is 25.9. The maximum absolute atomic E-state index is 6.07. The fraction of sp³-hybridized carbons (Fsp3) is 0.0294. The van der Waals surface area contributed by atoms with Gasteiger partial charge >= 0.3 is 0 Å². The molecular weight excluding hydrogens is 498 g/mol. The number of aromatic nitrogens is 3. The Hall–Kier alpha value is -4.87. The molecule has 4 nitrogen and oxygen atoms in total. The Kier molecular flexibility index (Phi) is 4.87. The lowest BCUT2D eigenvalue weighted by atomic mass is 10.0. The van der Waals surface area contributed by atoms with Gasteiger partial charge in [0, 0.05) is 47.6 Å². The Morgan fingerprint density at radius 3 is 2.21 bits per heavy atom. The summed E-state index contributed by atoms with van der Waals surface area (Å²) in [5, 5.41) is 4.55. The van der Waals surface area contributed by atoms with Gasteiger partial charge in [-0.3, -0.25) is 0 Å². The lowest BCUT2D eigenvalue weighted by Gasteiger charge is -2.10. The Morgan fingerprint density at radius 1 is 0.538 bits per heavy atom. The van der Waals surface area contributed by atoms with Crippen LogP contribution in [-0.4, -0.2) is 15.0 Å². The quantitative estimate of drug-likeness (QED) is 0.233. The van der Waals surface area contributed by atoms with Crippen molar-refractivity contribution in [2.45, 2.75) is 6.92 Å². The number of thiophene rings is 1. The molecule has 8 rings (SSSR count). The van der Waals surface area contributed by atoms with Gasteiger partial charge in [-0.2, -0.15) is 0 Å². The van der Waals surface area contributed by atoms with Crippen LogP contribution < -0.4 is 0 Å². The number of hydrogen-bond acceptors (Lipinski definition) is 5. The summed E-state index contributed by atoms with van der Waals surface area (Å²) in [4.78, 5) is 15.1. The summed E-state index contributed by atoms with van der Waals surface area (Å²) >= 11 is 1.80. The summed E-state index contributed by atoms with van der Waals surface area (Å²) in [6, 6.07) is 37.4. The molecule has 0 unspecified atom stereocenters. The minimum absolute atomic E-state index is 0.638. The molecule has 0 aliphatic heterocycles. The molecule has 0 radical (unpaired) electrons. The van der Waals surface area contributed by atoms with E-state index in [0.29, 0.717) is 17.5 Å². The first kappa shape index (κ1) is 22.1. The van der Waals surface area contributed by atoms with Gasteiger partial charge in [0.05, 0.1) is 0 Å². The van der Waals surface area contributed by atoms with Gasteiger partial charge in [0.15, 0.2) is 17.5 Å². The molecule has 0 saturated heterocycles. The Balaban J connectivity index is 1.40. The Labute approximate surface area is 228 Å². The SMILES string of the molecule is Cc1ccc2sc3cccc(-c4nc(-c5ccccc5)nc(-c5ccc6oc7ccccc7c6c5)n4)c3c2c1. The first-order chi connectivity index (χ1) is 19.2. The predicted octanol–water partition coefficient (Wildman–Crippen LogP) is 9.45. The van der Waals surface area contributed by atoms with E-state index in [4.69, 9.17) is 19.4 Å². The summed E-state index contributed by atoms with van der Waals surface area (Å²) in [6.45, 7) is 2.13. The van der Waals surface area contributed by atoms with Gasteiger partial charge in [-0.1, -0.05) is 72.3 Å². The largest absolute Gasteiger partial charge is 0.456 e. The van der Waals surface area contributed by atoms with Crippen LogP contribution in [0.5, 0.6) is 0 Å². The van der Waals surface area contributed by atoms with Crippen molar-refractivity contribution in [1.82, 2.24) is 15.0 Å². The van der Waals surface area contributed by atoms with Crippen LogP contribution in [0, 0.1) is 6.92 Å². The van der Waals surface area contributed by atoms with Gasteiger partial charge in [0.1, 0.15) is 11.2 Å². The highest BCUT2D eigenvalue weighted by Crippen LogP contribution is 2.40. The number of rotatable bonds is 3. The molecule has 3 heterocycles. The summed E-state index contributed by atoms with van der Waals surface area (Å²) in [5.41, 5.74) is 5.85. The monoisotopic (exact) mass is 519 g/mol. The van der Waals surface area contributed by atoms with Crippen molar-refractivity contribution < 1.29 is 4.42 Å². The first-order valence-corrected chi connectivity index (χ1v) is 13.7. The van der Waals surface area contributed by atoms with Gasteiger partial charge < -0.3 is 4.42 Å². The van der Waals surface area contributed by atoms with Gasteiger partial charge in [-0.15, -0.1) is 11.3 Å². The molecule has 0 aliphatic carbocycles. The van der Waals surface area contributed by atoms with E-state index in [1.54, 1.807) is 11.3 Å². The van der Waals surface area contributed by atoms with Crippen LogP contribution in [0.15, 0.2) is 114 Å². The maximum Gasteiger partial charge on any atom is 0.164 e. The fourth-order valence-electron chi connectivity index (χ4n) is 5.33. The topological polar surface area (TPSA) is 51.8 Å². The van der Waals surface area contributed by atoms with Gasteiger partial charge in [0.2, 0.25) is 0 Å². The molecule has 0 atom stereocenters. The molecule has 184 valence electrons. The molecule has 0 bridgehead atoms. The molecule has 0 amide bonds. The minimum atomic E-state index is 0.638. The van der Waals surface area contributed by atoms with Crippen molar-refractivity contribution in [3.8, 4) is 34.2 Å². The Morgan fingerprint density at radius 2 is 1.31 bits per heavy atom. The Bertz CT molecular complexity index is 2190. The average Bonchev–Trinajstić information content (AvgIpc) is 3.55. The van der Waals surface area contributed by atoms with Crippen LogP contribution in [0.2, 0.25) is 0 Å². The molecule has 0 saturated carbocycles. The second-order valence-corrected chi connectivity index (χ2v) is 10.8. The van der Waals surface area contributed by atoms with Crippen LogP contribution in [0.3, 0.4) is 0 Å². The summed E-state index contributed by atoms with van der Waals surface area (Å²) < 4.78 is 8.55. The minimum Gasteiger partial charge on any atom is -0.456 e. The van der Waals surface area contributed by atoms with Crippen molar-refractivity contribution in [1.29, 1.82) is 0 Å². The van der Waals surface area contributed by atoms with Gasteiger partial charge in [0.25, 0.3) is 0 Å². The lowest BCUT2D eigenvalue weighted by molar-refractivity contribution is 0.669. The van der Waals surface area contributed by atoms with Crippen molar-refractivity contribution in [3.05, 3.63) is 115 Å². The van der Waals surface area contributed by atoms with Crippen LogP contribution >= 0.6 is 11.3 Å². The molecule has 0 N–H and O–H groups in total. The van der Waals surface area contributed by atoms with Crippen molar-refractivity contribution >= 4 is 53.4 Å². The number of fused-ring (bicyclic) bond motifs is 6. The molecule has 3 aromatic heterocycles. The highest BCUT2D eigenvalue weighted by atomic mass is 32.1. The molecule has 8 aromatic rings. The summed E-state index contributed by atoms with van der Waals surface area (Å²) in [6.07, 6.45) is 0. The average molecular weight is 520 g/mol. The van der Waals surface area contributed by atoms with E-state index in [1.807, 2.05) is 60.7 Å². The molecule has 5 heteroatoms. The number of nitrogens with zero attached hydrogens (tertiary/aromatic N) is 3. The highest BCUT2D eigenvalue weighted by molar-refractivity contribution is 7.25. The normalized spacial score (nSPS) is 11.7. The second-order valence-electron chi connectivity index (χ2n) is 9.76. The van der Waals surface area contributed by atoms with Crippen molar-refractivity contribution in [2.24, 2.45) is 0 Å².